The molecule has 11 heavy (non-hydrogen) atoms. The molecular formula is C9H17NO. The van der Waals surface area contributed by atoms with E-state index in [1.54, 1.807) is 0 Å². The molecule has 0 fully saturated rings. The molecule has 0 aliphatic rings. The van der Waals surface area contributed by atoms with Gasteiger partial charge in [0, 0.05) is 6.54 Å². The minimum Gasteiger partial charge on any atom is -0.377 e. The summed E-state index contributed by atoms with van der Waals surface area (Å²) in [6, 6.07) is 0. The maximum Gasteiger partial charge on any atom is 0.0594 e. The van der Waals surface area contributed by atoms with Crippen LogP contribution in [0.1, 0.15) is 20.3 Å². The van der Waals surface area contributed by atoms with Crippen molar-refractivity contribution in [2.75, 3.05) is 19.7 Å². The molecule has 0 aliphatic carbocycles. The van der Waals surface area contributed by atoms with Crippen LogP contribution in [-0.4, -0.2) is 25.8 Å². The molecular weight excluding hydrogens is 138 g/mol. The molecule has 0 bridgehead atoms. The highest BCUT2D eigenvalue weighted by atomic mass is 16.5. The van der Waals surface area contributed by atoms with E-state index in [4.69, 9.17) is 11.2 Å². The van der Waals surface area contributed by atoms with Crippen molar-refractivity contribution in [1.29, 1.82) is 0 Å². The molecule has 1 N–H and O–H groups in total. The van der Waals surface area contributed by atoms with E-state index < -0.39 is 0 Å². The van der Waals surface area contributed by atoms with Crippen molar-refractivity contribution < 1.29 is 4.74 Å². The maximum atomic E-state index is 5.41. The summed E-state index contributed by atoms with van der Waals surface area (Å²) < 4.78 is 5.41. The fraction of sp³-hybridized carbons (Fsp3) is 0.778. The highest BCUT2D eigenvalue weighted by molar-refractivity contribution is 4.86. The van der Waals surface area contributed by atoms with Crippen LogP contribution >= 0.6 is 0 Å². The summed E-state index contributed by atoms with van der Waals surface area (Å²) in [6.45, 7) is 6.40. The molecule has 2 heteroatoms. The van der Waals surface area contributed by atoms with E-state index in [9.17, 15) is 0 Å². The van der Waals surface area contributed by atoms with E-state index >= 15 is 0 Å². The van der Waals surface area contributed by atoms with E-state index in [-0.39, 0.29) is 0 Å². The second-order valence-corrected chi connectivity index (χ2v) is 2.47. The number of rotatable bonds is 6. The van der Waals surface area contributed by atoms with Gasteiger partial charge < -0.3 is 10.1 Å². The molecule has 0 amide bonds. The summed E-state index contributed by atoms with van der Waals surface area (Å²) in [7, 11) is 0. The topological polar surface area (TPSA) is 21.3 Å². The van der Waals surface area contributed by atoms with Crippen molar-refractivity contribution >= 4 is 0 Å². The lowest BCUT2D eigenvalue weighted by Crippen LogP contribution is -2.22. The van der Waals surface area contributed by atoms with Gasteiger partial charge in [-0.25, -0.2) is 0 Å². The first-order valence-electron chi connectivity index (χ1n) is 4.07. The Labute approximate surface area is 69.3 Å². The zero-order chi connectivity index (χ0) is 8.53. The quantitative estimate of drug-likeness (QED) is 0.457. The van der Waals surface area contributed by atoms with E-state index in [0.29, 0.717) is 12.6 Å². The second kappa shape index (κ2) is 7.59. The minimum atomic E-state index is 0.364. The van der Waals surface area contributed by atoms with Gasteiger partial charge in [-0.05, 0) is 13.3 Å². The van der Waals surface area contributed by atoms with Crippen LogP contribution in [0.25, 0.3) is 0 Å². The molecule has 0 saturated carbocycles. The van der Waals surface area contributed by atoms with Crippen molar-refractivity contribution in [2.45, 2.75) is 26.4 Å². The molecule has 0 radical (unpaired) electrons. The van der Waals surface area contributed by atoms with Crippen molar-refractivity contribution in [3.63, 3.8) is 0 Å². The Morgan fingerprint density at radius 3 is 2.91 bits per heavy atom. The van der Waals surface area contributed by atoms with Crippen LogP contribution in [0.5, 0.6) is 0 Å². The van der Waals surface area contributed by atoms with Crippen molar-refractivity contribution in [3.05, 3.63) is 0 Å². The van der Waals surface area contributed by atoms with Crippen molar-refractivity contribution in [1.82, 2.24) is 5.32 Å². The molecule has 0 aromatic carbocycles. The normalized spacial score (nSPS) is 12.5. The first-order chi connectivity index (χ1) is 5.31. The Morgan fingerprint density at radius 1 is 1.64 bits per heavy atom. The van der Waals surface area contributed by atoms with Crippen molar-refractivity contribution in [2.24, 2.45) is 0 Å². The van der Waals surface area contributed by atoms with Crippen LogP contribution in [0.15, 0.2) is 0 Å². The number of hydrogen-bond donors (Lipinski definition) is 1. The molecule has 1 atom stereocenters. The third-order valence-electron chi connectivity index (χ3n) is 1.48. The monoisotopic (exact) mass is 155 g/mol. The van der Waals surface area contributed by atoms with Crippen LogP contribution in [0.4, 0.5) is 0 Å². The lowest BCUT2D eigenvalue weighted by atomic mass is 10.3. The van der Waals surface area contributed by atoms with Gasteiger partial charge in [0.25, 0.3) is 0 Å². The van der Waals surface area contributed by atoms with Gasteiger partial charge in [-0.1, -0.05) is 12.8 Å². The summed E-state index contributed by atoms with van der Waals surface area (Å²) in [5.74, 6) is 2.50. The standard InChI is InChI=1S/C9H17NO/c1-4-6-10-7-8-11-9(3)5-2/h1,9-10H,5-8H2,2-3H3. The van der Waals surface area contributed by atoms with Crippen LogP contribution in [0.2, 0.25) is 0 Å². The van der Waals surface area contributed by atoms with Crippen LogP contribution < -0.4 is 5.32 Å². The molecule has 0 rings (SSSR count). The zero-order valence-electron chi connectivity index (χ0n) is 7.39. The van der Waals surface area contributed by atoms with Gasteiger partial charge >= 0.3 is 0 Å². The van der Waals surface area contributed by atoms with Crippen LogP contribution in [0.3, 0.4) is 0 Å². The predicted molar refractivity (Wildman–Crippen MR) is 47.4 cm³/mol. The SMILES string of the molecule is C#CCNCCOC(C)CC. The highest BCUT2D eigenvalue weighted by Gasteiger charge is 1.95. The molecule has 64 valence electrons. The lowest BCUT2D eigenvalue weighted by molar-refractivity contribution is 0.0661. The van der Waals surface area contributed by atoms with Gasteiger partial charge in [0.15, 0.2) is 0 Å². The van der Waals surface area contributed by atoms with E-state index in [2.05, 4.69) is 25.1 Å². The second-order valence-electron chi connectivity index (χ2n) is 2.47. The summed E-state index contributed by atoms with van der Waals surface area (Å²) in [5, 5.41) is 3.05. The smallest absolute Gasteiger partial charge is 0.0594 e. The molecule has 0 heterocycles. The Balaban J connectivity index is 2.97. The average Bonchev–Trinajstić information content (AvgIpc) is 2.04. The Bertz CT molecular complexity index is 117. The van der Waals surface area contributed by atoms with Crippen molar-refractivity contribution in [3.8, 4) is 12.3 Å². The van der Waals surface area contributed by atoms with E-state index in [1.165, 1.54) is 0 Å². The predicted octanol–water partition coefficient (Wildman–Crippen LogP) is 1.02. The third kappa shape index (κ3) is 7.38. The molecule has 2 nitrogen and oxygen atoms in total. The summed E-state index contributed by atoms with van der Waals surface area (Å²) >= 11 is 0. The van der Waals surface area contributed by atoms with Crippen LogP contribution in [-0.2, 0) is 4.74 Å². The first-order valence-corrected chi connectivity index (χ1v) is 4.07. The van der Waals surface area contributed by atoms with Gasteiger partial charge in [-0.15, -0.1) is 6.42 Å². The maximum absolute atomic E-state index is 5.41. The largest absolute Gasteiger partial charge is 0.377 e. The summed E-state index contributed by atoms with van der Waals surface area (Å²) in [4.78, 5) is 0. The van der Waals surface area contributed by atoms with Gasteiger partial charge in [0.05, 0.1) is 19.3 Å². The zero-order valence-corrected chi connectivity index (χ0v) is 7.39. The number of terminal acetylenes is 1. The van der Waals surface area contributed by atoms with E-state index in [1.807, 2.05) is 0 Å². The molecule has 0 aromatic heterocycles. The van der Waals surface area contributed by atoms with Crippen LogP contribution in [0, 0.1) is 12.3 Å². The minimum absolute atomic E-state index is 0.364. The lowest BCUT2D eigenvalue weighted by Gasteiger charge is -2.09. The summed E-state index contributed by atoms with van der Waals surface area (Å²) in [6.07, 6.45) is 6.47. The van der Waals surface area contributed by atoms with Gasteiger partial charge in [-0.2, -0.15) is 0 Å². The van der Waals surface area contributed by atoms with Gasteiger partial charge in [0.1, 0.15) is 0 Å². The number of hydrogen-bond acceptors (Lipinski definition) is 2. The number of nitrogens with one attached hydrogen (secondary N) is 1. The Kier molecular flexibility index (Phi) is 7.23. The molecule has 0 spiro atoms. The first kappa shape index (κ1) is 10.5. The Hall–Kier alpha value is -0.520. The van der Waals surface area contributed by atoms with Gasteiger partial charge in [0.2, 0.25) is 0 Å². The molecule has 0 aliphatic heterocycles. The molecule has 0 saturated heterocycles. The fourth-order valence-corrected chi connectivity index (χ4v) is 0.611. The average molecular weight is 155 g/mol. The highest BCUT2D eigenvalue weighted by Crippen LogP contribution is 1.93. The fourth-order valence-electron chi connectivity index (χ4n) is 0.611. The Morgan fingerprint density at radius 2 is 2.36 bits per heavy atom. The molecule has 1 unspecified atom stereocenters. The number of ether oxygens (including phenoxy) is 1. The van der Waals surface area contributed by atoms with E-state index in [0.717, 1.165) is 19.6 Å². The third-order valence-corrected chi connectivity index (χ3v) is 1.48. The summed E-state index contributed by atoms with van der Waals surface area (Å²) in [5.41, 5.74) is 0. The van der Waals surface area contributed by atoms with Gasteiger partial charge in [-0.3, -0.25) is 0 Å². The molecule has 0 aromatic rings.